The first-order valence-electron chi connectivity index (χ1n) is 8.41. The highest BCUT2D eigenvalue weighted by atomic mass is 35.5. The molecule has 0 saturated carbocycles. The van der Waals surface area contributed by atoms with E-state index in [0.717, 1.165) is 0 Å². The molecule has 2 aromatic rings. The van der Waals surface area contributed by atoms with E-state index in [9.17, 15) is 14.6 Å². The van der Waals surface area contributed by atoms with Crippen LogP contribution >= 0.6 is 23.8 Å². The molecule has 1 heterocycles. The van der Waals surface area contributed by atoms with E-state index in [0.29, 0.717) is 10.8 Å². The fraction of sp³-hybridized carbons (Fsp3) is 0.316. The number of aliphatic hydroxyl groups is 2. The van der Waals surface area contributed by atoms with Crippen LogP contribution in [0.2, 0.25) is 5.02 Å². The second-order valence-electron chi connectivity index (χ2n) is 6.15. The van der Waals surface area contributed by atoms with Crippen molar-refractivity contribution in [3.05, 3.63) is 59.4 Å². The number of thiocarbonyl (C=S) groups is 1. The van der Waals surface area contributed by atoms with Crippen molar-refractivity contribution >= 4 is 29.1 Å². The van der Waals surface area contributed by atoms with Gasteiger partial charge in [-0.25, -0.2) is 4.39 Å². The van der Waals surface area contributed by atoms with E-state index in [-0.39, 0.29) is 11.0 Å². The molecule has 0 spiro atoms. The minimum atomic E-state index is -1.36. The average molecular weight is 429 g/mol. The molecular formula is C19H18ClFO6S. The maximum absolute atomic E-state index is 13.0. The SMILES string of the molecule is C[C@@H]1O[C@H](Oc2ccc(Cl)cc2)[C@@H](O)[C@H](OC(=S)Oc2ccc(F)cc2)[C@@H]1O. The Labute approximate surface area is 171 Å². The Hall–Kier alpha value is -1.97. The van der Waals surface area contributed by atoms with Gasteiger partial charge in [0.25, 0.3) is 0 Å². The predicted octanol–water partition coefficient (Wildman–Crippen LogP) is 3.07. The van der Waals surface area contributed by atoms with Crippen LogP contribution in [0.15, 0.2) is 48.5 Å². The number of rotatable bonds is 4. The molecule has 0 unspecified atom stereocenters. The normalized spacial score (nSPS) is 27.1. The Morgan fingerprint density at radius 3 is 2.29 bits per heavy atom. The van der Waals surface area contributed by atoms with Crippen molar-refractivity contribution in [3.63, 3.8) is 0 Å². The number of benzene rings is 2. The number of hydrogen-bond donors (Lipinski definition) is 2. The van der Waals surface area contributed by atoms with Gasteiger partial charge in [0.15, 0.2) is 12.2 Å². The van der Waals surface area contributed by atoms with Gasteiger partial charge in [0.2, 0.25) is 6.29 Å². The first-order chi connectivity index (χ1) is 13.3. The monoisotopic (exact) mass is 428 g/mol. The molecule has 3 rings (SSSR count). The van der Waals surface area contributed by atoms with Gasteiger partial charge in [0.05, 0.1) is 6.10 Å². The van der Waals surface area contributed by atoms with E-state index in [1.807, 2.05) is 0 Å². The zero-order chi connectivity index (χ0) is 20.3. The summed E-state index contributed by atoms with van der Waals surface area (Å²) in [6.45, 7) is 1.61. The van der Waals surface area contributed by atoms with Crippen molar-refractivity contribution in [2.45, 2.75) is 37.6 Å². The van der Waals surface area contributed by atoms with E-state index in [1.165, 1.54) is 24.3 Å². The molecule has 9 heteroatoms. The lowest BCUT2D eigenvalue weighted by atomic mass is 10.00. The number of hydrogen-bond acceptors (Lipinski definition) is 7. The topological polar surface area (TPSA) is 77.4 Å². The maximum atomic E-state index is 13.0. The van der Waals surface area contributed by atoms with Crippen molar-refractivity contribution in [1.29, 1.82) is 0 Å². The summed E-state index contributed by atoms with van der Waals surface area (Å²) in [5, 5.41) is 21.1. The number of aliphatic hydroxyl groups excluding tert-OH is 2. The van der Waals surface area contributed by atoms with Crippen LogP contribution in [0.5, 0.6) is 11.5 Å². The van der Waals surface area contributed by atoms with E-state index in [1.54, 1.807) is 31.2 Å². The van der Waals surface area contributed by atoms with E-state index >= 15 is 0 Å². The van der Waals surface area contributed by atoms with Gasteiger partial charge in [-0.2, -0.15) is 0 Å². The fourth-order valence-corrected chi connectivity index (χ4v) is 2.95. The molecule has 150 valence electrons. The third-order valence-corrected chi connectivity index (χ3v) is 4.53. The Balaban J connectivity index is 1.66. The predicted molar refractivity (Wildman–Crippen MR) is 103 cm³/mol. The van der Waals surface area contributed by atoms with Crippen LogP contribution in [0.1, 0.15) is 6.92 Å². The molecule has 28 heavy (non-hydrogen) atoms. The third kappa shape index (κ3) is 5.09. The fourth-order valence-electron chi connectivity index (χ4n) is 2.61. The number of ether oxygens (including phenoxy) is 4. The van der Waals surface area contributed by atoms with Crippen LogP contribution in [0.25, 0.3) is 0 Å². The van der Waals surface area contributed by atoms with Crippen LogP contribution in [-0.2, 0) is 9.47 Å². The van der Waals surface area contributed by atoms with Crippen molar-refractivity contribution in [1.82, 2.24) is 0 Å². The molecule has 0 amide bonds. The van der Waals surface area contributed by atoms with Gasteiger partial charge in [0.1, 0.15) is 23.4 Å². The summed E-state index contributed by atoms with van der Waals surface area (Å²) in [4.78, 5) is 0. The summed E-state index contributed by atoms with van der Waals surface area (Å²) >= 11 is 10.9. The molecule has 0 aliphatic carbocycles. The molecule has 0 bridgehead atoms. The molecule has 5 atom stereocenters. The summed E-state index contributed by atoms with van der Waals surface area (Å²) in [5.74, 6) is 0.246. The highest BCUT2D eigenvalue weighted by Gasteiger charge is 2.46. The molecule has 0 aromatic heterocycles. The third-order valence-electron chi connectivity index (χ3n) is 4.09. The average Bonchev–Trinajstić information content (AvgIpc) is 2.67. The van der Waals surface area contributed by atoms with E-state index in [4.69, 9.17) is 42.8 Å². The van der Waals surface area contributed by atoms with Gasteiger partial charge >= 0.3 is 5.24 Å². The molecule has 1 saturated heterocycles. The zero-order valence-corrected chi connectivity index (χ0v) is 16.3. The van der Waals surface area contributed by atoms with Gasteiger partial charge in [-0.05, 0) is 55.5 Å². The second-order valence-corrected chi connectivity index (χ2v) is 6.92. The van der Waals surface area contributed by atoms with Crippen LogP contribution in [0, 0.1) is 5.82 Å². The van der Waals surface area contributed by atoms with E-state index < -0.39 is 36.5 Å². The molecule has 2 aromatic carbocycles. The molecule has 2 N–H and O–H groups in total. The summed E-state index contributed by atoms with van der Waals surface area (Å²) in [7, 11) is 0. The molecular weight excluding hydrogens is 411 g/mol. The summed E-state index contributed by atoms with van der Waals surface area (Å²) < 4.78 is 34.9. The largest absolute Gasteiger partial charge is 0.462 e. The van der Waals surface area contributed by atoms with Crippen LogP contribution in [-0.4, -0.2) is 46.2 Å². The first kappa shape index (κ1) is 20.8. The molecule has 1 aliphatic heterocycles. The lowest BCUT2D eigenvalue weighted by Gasteiger charge is -2.40. The van der Waals surface area contributed by atoms with E-state index in [2.05, 4.69) is 0 Å². The molecule has 1 aliphatic rings. The highest BCUT2D eigenvalue weighted by molar-refractivity contribution is 7.79. The summed E-state index contributed by atoms with van der Waals surface area (Å²) in [6, 6.07) is 11.6. The van der Waals surface area contributed by atoms with Gasteiger partial charge in [-0.3, -0.25) is 0 Å². The van der Waals surface area contributed by atoms with Crippen LogP contribution in [0.4, 0.5) is 4.39 Å². The highest BCUT2D eigenvalue weighted by Crippen LogP contribution is 2.27. The quantitative estimate of drug-likeness (QED) is 0.724. The Bertz CT molecular complexity index is 803. The Kier molecular flexibility index (Phi) is 6.69. The zero-order valence-electron chi connectivity index (χ0n) is 14.7. The standard InChI is InChI=1S/C19H18ClFO6S/c1-10-15(22)17(27-19(28)26-14-8-4-12(21)5-9-14)16(23)18(24-10)25-13-6-2-11(20)3-7-13/h2-10,15-18,22-23H,1H3/t10-,15+,16-,17+,18+/m0/s1. The van der Waals surface area contributed by atoms with Crippen molar-refractivity contribution in [3.8, 4) is 11.5 Å². The first-order valence-corrected chi connectivity index (χ1v) is 9.20. The van der Waals surface area contributed by atoms with Crippen LogP contribution < -0.4 is 9.47 Å². The summed E-state index contributed by atoms with van der Waals surface area (Å²) in [6.07, 6.45) is -5.53. The van der Waals surface area contributed by atoms with Gasteiger partial charge in [-0.1, -0.05) is 11.6 Å². The molecule has 6 nitrogen and oxygen atoms in total. The Morgan fingerprint density at radius 1 is 1.04 bits per heavy atom. The van der Waals surface area contributed by atoms with Crippen molar-refractivity contribution in [2.75, 3.05) is 0 Å². The van der Waals surface area contributed by atoms with Crippen LogP contribution in [0.3, 0.4) is 0 Å². The number of halogens is 2. The van der Waals surface area contributed by atoms with Gasteiger partial charge in [-0.15, -0.1) is 0 Å². The lowest BCUT2D eigenvalue weighted by Crippen LogP contribution is -2.59. The second kappa shape index (κ2) is 9.02. The van der Waals surface area contributed by atoms with Crippen molar-refractivity contribution < 1.29 is 33.6 Å². The minimum absolute atomic E-state index is 0.254. The van der Waals surface area contributed by atoms with Gasteiger partial charge < -0.3 is 29.2 Å². The molecule has 1 fully saturated rings. The lowest BCUT2D eigenvalue weighted by molar-refractivity contribution is -0.266. The summed E-state index contributed by atoms with van der Waals surface area (Å²) in [5.41, 5.74) is 0. The molecule has 0 radical (unpaired) electrons. The minimum Gasteiger partial charge on any atom is -0.462 e. The maximum Gasteiger partial charge on any atom is 0.358 e. The Morgan fingerprint density at radius 2 is 1.64 bits per heavy atom. The van der Waals surface area contributed by atoms with Crippen molar-refractivity contribution in [2.24, 2.45) is 0 Å². The van der Waals surface area contributed by atoms with Gasteiger partial charge in [0, 0.05) is 17.2 Å². The smallest absolute Gasteiger partial charge is 0.358 e.